The lowest BCUT2D eigenvalue weighted by Crippen LogP contribution is -2.41. The van der Waals surface area contributed by atoms with E-state index >= 15 is 0 Å². The van der Waals surface area contributed by atoms with Gasteiger partial charge in [0.15, 0.2) is 17.2 Å². The van der Waals surface area contributed by atoms with Gasteiger partial charge < -0.3 is 19.9 Å². The Morgan fingerprint density at radius 1 is 1.21 bits per heavy atom. The maximum atomic E-state index is 13.3. The van der Waals surface area contributed by atoms with Gasteiger partial charge in [-0.2, -0.15) is 0 Å². The first-order valence-electron chi connectivity index (χ1n) is 9.15. The molecule has 0 aliphatic rings. The molecule has 0 bridgehead atoms. The van der Waals surface area contributed by atoms with Gasteiger partial charge in [-0.15, -0.1) is 0 Å². The number of methoxy groups -OCH3 is 1. The van der Waals surface area contributed by atoms with Crippen LogP contribution in [0, 0.1) is 12.7 Å². The number of carbonyl (C=O) groups is 2. The highest BCUT2D eigenvalue weighted by molar-refractivity contribution is 5.97. The van der Waals surface area contributed by atoms with Crippen LogP contribution in [-0.4, -0.2) is 41.2 Å². The number of amides is 1. The number of ether oxygens (including phenoxy) is 2. The maximum Gasteiger partial charge on any atom is 0.328 e. The summed E-state index contributed by atoms with van der Waals surface area (Å²) >= 11 is 0. The molecule has 1 aromatic carbocycles. The van der Waals surface area contributed by atoms with E-state index in [0.29, 0.717) is 0 Å². The molecule has 0 saturated heterocycles. The number of rotatable bonds is 7. The van der Waals surface area contributed by atoms with Crippen molar-refractivity contribution in [3.63, 3.8) is 0 Å². The van der Waals surface area contributed by atoms with Gasteiger partial charge in [0.1, 0.15) is 18.0 Å². The zero-order chi connectivity index (χ0) is 21.7. The van der Waals surface area contributed by atoms with Gasteiger partial charge in [-0.25, -0.2) is 14.2 Å². The molecule has 2 N–H and O–H groups in total. The first kappa shape index (κ1) is 22.1. The number of carbonyl (C=O) groups excluding carboxylic acids is 2. The normalized spacial score (nSPS) is 13.9. The summed E-state index contributed by atoms with van der Waals surface area (Å²) in [6, 6.07) is 4.89. The van der Waals surface area contributed by atoms with Crippen LogP contribution in [0.4, 0.5) is 4.39 Å². The van der Waals surface area contributed by atoms with Crippen LogP contribution in [0.5, 0.6) is 11.5 Å². The van der Waals surface area contributed by atoms with Crippen molar-refractivity contribution in [1.29, 1.82) is 0 Å². The summed E-state index contributed by atoms with van der Waals surface area (Å²) in [6.07, 6.45) is 0.806. The standard InChI is InChI=1S/C21H25FN2O5/c1-11-10-15(22)6-7-16(11)12(2)14(4)29-21(27)13(3)24-20(26)18-19(25)17(28-5)8-9-23-18/h6-10,12-14,25H,1-5H3,(H,24,26)/t12-,13-,14-/m1/s1. The van der Waals surface area contributed by atoms with Crippen LogP contribution in [0.3, 0.4) is 0 Å². The molecule has 0 fully saturated rings. The van der Waals surface area contributed by atoms with Gasteiger partial charge in [-0.1, -0.05) is 13.0 Å². The minimum Gasteiger partial charge on any atom is -0.503 e. The number of halogens is 1. The Balaban J connectivity index is 2.02. The molecule has 156 valence electrons. The molecule has 0 aliphatic heterocycles. The van der Waals surface area contributed by atoms with Crippen LogP contribution in [0.1, 0.15) is 48.3 Å². The largest absolute Gasteiger partial charge is 0.503 e. The van der Waals surface area contributed by atoms with Crippen molar-refractivity contribution in [2.75, 3.05) is 7.11 Å². The van der Waals surface area contributed by atoms with Gasteiger partial charge in [0.25, 0.3) is 5.91 Å². The summed E-state index contributed by atoms with van der Waals surface area (Å²) in [5.74, 6) is -2.19. The summed E-state index contributed by atoms with van der Waals surface area (Å²) in [5.41, 5.74) is 1.38. The van der Waals surface area contributed by atoms with Crippen LogP contribution >= 0.6 is 0 Å². The first-order chi connectivity index (χ1) is 13.6. The number of aromatic hydroxyl groups is 1. The van der Waals surface area contributed by atoms with E-state index in [9.17, 15) is 19.1 Å². The van der Waals surface area contributed by atoms with Crippen LogP contribution in [0.2, 0.25) is 0 Å². The summed E-state index contributed by atoms with van der Waals surface area (Å²) in [6.45, 7) is 6.87. The molecule has 0 spiro atoms. The number of hydrogen-bond donors (Lipinski definition) is 2. The van der Waals surface area contributed by atoms with E-state index in [2.05, 4.69) is 10.3 Å². The minimum absolute atomic E-state index is 0.0949. The van der Waals surface area contributed by atoms with Crippen molar-refractivity contribution in [1.82, 2.24) is 10.3 Å². The second-order valence-corrected chi connectivity index (χ2v) is 6.84. The molecule has 0 aliphatic carbocycles. The number of aryl methyl sites for hydroxylation is 1. The van der Waals surface area contributed by atoms with Crippen molar-refractivity contribution in [3.05, 3.63) is 53.1 Å². The zero-order valence-electron chi connectivity index (χ0n) is 17.0. The molecule has 1 amide bonds. The van der Waals surface area contributed by atoms with E-state index in [0.717, 1.165) is 11.1 Å². The third-order valence-electron chi connectivity index (χ3n) is 4.75. The SMILES string of the molecule is COc1ccnc(C(=O)N[C@H](C)C(=O)O[C@H](C)[C@@H](C)c2ccc(F)cc2C)c1O. The van der Waals surface area contributed by atoms with Gasteiger partial charge >= 0.3 is 5.97 Å². The molecule has 0 unspecified atom stereocenters. The van der Waals surface area contributed by atoms with Crippen LogP contribution in [-0.2, 0) is 9.53 Å². The van der Waals surface area contributed by atoms with E-state index in [1.54, 1.807) is 19.9 Å². The molecule has 2 aromatic rings. The molecule has 3 atom stereocenters. The van der Waals surface area contributed by atoms with Crippen molar-refractivity contribution >= 4 is 11.9 Å². The quantitative estimate of drug-likeness (QED) is 0.688. The lowest BCUT2D eigenvalue weighted by molar-refractivity contribution is -0.151. The van der Waals surface area contributed by atoms with Crippen LogP contribution < -0.4 is 10.1 Å². The Bertz CT molecular complexity index is 903. The Morgan fingerprint density at radius 2 is 1.90 bits per heavy atom. The van der Waals surface area contributed by atoms with Crippen LogP contribution in [0.25, 0.3) is 0 Å². The molecular formula is C21H25FN2O5. The van der Waals surface area contributed by atoms with E-state index in [-0.39, 0.29) is 23.2 Å². The number of nitrogens with one attached hydrogen (secondary N) is 1. The number of nitrogens with zero attached hydrogens (tertiary/aromatic N) is 1. The van der Waals surface area contributed by atoms with Gasteiger partial charge in [0.2, 0.25) is 0 Å². The number of hydrogen-bond acceptors (Lipinski definition) is 6. The molecule has 8 heteroatoms. The maximum absolute atomic E-state index is 13.3. The molecule has 7 nitrogen and oxygen atoms in total. The van der Waals surface area contributed by atoms with Crippen molar-refractivity contribution in [3.8, 4) is 11.5 Å². The predicted octanol–water partition coefficient (Wildman–Crippen LogP) is 3.10. The monoisotopic (exact) mass is 404 g/mol. The highest BCUT2D eigenvalue weighted by atomic mass is 19.1. The predicted molar refractivity (Wildman–Crippen MR) is 104 cm³/mol. The van der Waals surface area contributed by atoms with E-state index in [4.69, 9.17) is 9.47 Å². The van der Waals surface area contributed by atoms with Gasteiger partial charge in [0.05, 0.1) is 7.11 Å². The third kappa shape index (κ3) is 5.22. The smallest absolute Gasteiger partial charge is 0.328 e. The first-order valence-corrected chi connectivity index (χ1v) is 9.15. The highest BCUT2D eigenvalue weighted by Crippen LogP contribution is 2.28. The zero-order valence-corrected chi connectivity index (χ0v) is 17.0. The van der Waals surface area contributed by atoms with Crippen molar-refractivity contribution in [2.45, 2.75) is 45.8 Å². The van der Waals surface area contributed by atoms with Gasteiger partial charge in [-0.05, 0) is 44.0 Å². The van der Waals surface area contributed by atoms with Crippen LogP contribution in [0.15, 0.2) is 30.5 Å². The number of benzene rings is 1. The highest BCUT2D eigenvalue weighted by Gasteiger charge is 2.26. The number of esters is 1. The average molecular weight is 404 g/mol. The van der Waals surface area contributed by atoms with Crippen molar-refractivity contribution in [2.24, 2.45) is 0 Å². The van der Waals surface area contributed by atoms with Gasteiger partial charge in [0, 0.05) is 18.2 Å². The van der Waals surface area contributed by atoms with E-state index in [1.807, 2.05) is 6.92 Å². The fourth-order valence-electron chi connectivity index (χ4n) is 2.88. The molecular weight excluding hydrogens is 379 g/mol. The summed E-state index contributed by atoms with van der Waals surface area (Å²) in [4.78, 5) is 28.6. The summed E-state index contributed by atoms with van der Waals surface area (Å²) in [5, 5.41) is 12.5. The topological polar surface area (TPSA) is 97.8 Å². The molecule has 0 radical (unpaired) electrons. The minimum atomic E-state index is -0.973. The average Bonchev–Trinajstić information content (AvgIpc) is 2.67. The fourth-order valence-corrected chi connectivity index (χ4v) is 2.88. The molecule has 29 heavy (non-hydrogen) atoms. The van der Waals surface area contributed by atoms with E-state index < -0.39 is 29.8 Å². The van der Waals surface area contributed by atoms with E-state index in [1.165, 1.54) is 38.4 Å². The summed E-state index contributed by atoms with van der Waals surface area (Å²) in [7, 11) is 1.35. The van der Waals surface area contributed by atoms with Gasteiger partial charge in [-0.3, -0.25) is 4.79 Å². The molecule has 1 aromatic heterocycles. The second kappa shape index (κ2) is 9.36. The molecule has 0 saturated carbocycles. The Kier molecular flexibility index (Phi) is 7.14. The number of aromatic nitrogens is 1. The second-order valence-electron chi connectivity index (χ2n) is 6.84. The summed E-state index contributed by atoms with van der Waals surface area (Å²) < 4.78 is 23.7. The Labute approximate surface area is 168 Å². The Morgan fingerprint density at radius 3 is 2.52 bits per heavy atom. The lowest BCUT2D eigenvalue weighted by Gasteiger charge is -2.24. The number of pyridine rings is 1. The fraction of sp³-hybridized carbons (Fsp3) is 0.381. The molecule has 2 rings (SSSR count). The third-order valence-corrected chi connectivity index (χ3v) is 4.75. The Hall–Kier alpha value is -3.16. The lowest BCUT2D eigenvalue weighted by atomic mass is 9.92. The van der Waals surface area contributed by atoms with Crippen molar-refractivity contribution < 1.29 is 28.6 Å². The molecule has 1 heterocycles.